The van der Waals surface area contributed by atoms with Gasteiger partial charge in [0.15, 0.2) is 5.96 Å². The summed E-state index contributed by atoms with van der Waals surface area (Å²) < 4.78 is 29.7. The minimum Gasteiger partial charge on any atom is -0.434 e. The van der Waals surface area contributed by atoms with Crippen LogP contribution in [0.3, 0.4) is 0 Å². The lowest BCUT2D eigenvalue weighted by Gasteiger charge is -2.29. The Morgan fingerprint density at radius 1 is 1.32 bits per heavy atom. The van der Waals surface area contributed by atoms with Gasteiger partial charge in [0.1, 0.15) is 5.75 Å². The van der Waals surface area contributed by atoms with Gasteiger partial charge in [0.05, 0.1) is 6.54 Å². The molecular weight excluding hydrogens is 501 g/mol. The maximum atomic E-state index is 12.6. The van der Waals surface area contributed by atoms with Gasteiger partial charge in [-0.15, -0.1) is 24.0 Å². The van der Waals surface area contributed by atoms with E-state index in [1.807, 2.05) is 6.92 Å². The molecule has 0 saturated carbocycles. The fourth-order valence-corrected chi connectivity index (χ4v) is 3.33. The van der Waals surface area contributed by atoms with Gasteiger partial charge in [0.2, 0.25) is 0 Å². The summed E-state index contributed by atoms with van der Waals surface area (Å²) in [7, 11) is 2.16. The molecule has 0 aliphatic carbocycles. The first-order valence-corrected chi connectivity index (χ1v) is 9.79. The number of alkyl halides is 2. The van der Waals surface area contributed by atoms with E-state index in [1.165, 1.54) is 25.0 Å². The molecule has 1 aromatic rings. The standard InChI is InChI=1S/C19H29ClF2N4O.HI/c1-3-23-19(24-9-6-14-7-10-26(2)11-8-14)25-13-15-12-16(20)4-5-17(15)27-18(21)22;/h4-5,12,14,18H,3,6-11,13H2,1-2H3,(H2,23,24,25);1H. The van der Waals surface area contributed by atoms with Crippen LogP contribution in [0.2, 0.25) is 5.02 Å². The second kappa shape index (κ2) is 13.4. The molecule has 5 nitrogen and oxygen atoms in total. The van der Waals surface area contributed by atoms with E-state index < -0.39 is 6.61 Å². The van der Waals surface area contributed by atoms with Crippen LogP contribution in [-0.2, 0) is 6.54 Å². The van der Waals surface area contributed by atoms with Gasteiger partial charge in [-0.05, 0) is 70.4 Å². The summed E-state index contributed by atoms with van der Waals surface area (Å²) in [6.07, 6.45) is 3.54. The molecule has 9 heteroatoms. The lowest BCUT2D eigenvalue weighted by atomic mass is 9.94. The predicted octanol–water partition coefficient (Wildman–Crippen LogP) is 4.35. The minimum atomic E-state index is -2.88. The SMILES string of the molecule is CCNC(=NCc1cc(Cl)ccc1OC(F)F)NCCC1CCN(C)CC1.I. The molecule has 28 heavy (non-hydrogen) atoms. The van der Waals surface area contributed by atoms with Crippen LogP contribution in [0.4, 0.5) is 8.78 Å². The number of hydrogen-bond acceptors (Lipinski definition) is 3. The maximum absolute atomic E-state index is 12.6. The molecule has 0 amide bonds. The van der Waals surface area contributed by atoms with Crippen molar-refractivity contribution in [3.8, 4) is 5.75 Å². The van der Waals surface area contributed by atoms with Gasteiger partial charge in [-0.2, -0.15) is 8.78 Å². The number of nitrogens with zero attached hydrogens (tertiary/aromatic N) is 2. The molecule has 1 aliphatic heterocycles. The van der Waals surface area contributed by atoms with E-state index in [-0.39, 0.29) is 36.3 Å². The Bertz CT molecular complexity index is 614. The van der Waals surface area contributed by atoms with Crippen LogP contribution in [0.25, 0.3) is 0 Å². The molecule has 2 rings (SSSR count). The number of hydrogen-bond donors (Lipinski definition) is 2. The molecule has 160 valence electrons. The van der Waals surface area contributed by atoms with Gasteiger partial charge < -0.3 is 20.3 Å². The summed E-state index contributed by atoms with van der Waals surface area (Å²) in [5, 5.41) is 6.97. The lowest BCUT2D eigenvalue weighted by Crippen LogP contribution is -2.39. The van der Waals surface area contributed by atoms with Gasteiger partial charge in [-0.25, -0.2) is 4.99 Å². The summed E-state index contributed by atoms with van der Waals surface area (Å²) in [5.41, 5.74) is 0.523. The number of benzene rings is 1. The maximum Gasteiger partial charge on any atom is 0.387 e. The lowest BCUT2D eigenvalue weighted by molar-refractivity contribution is -0.0504. The van der Waals surface area contributed by atoms with Gasteiger partial charge in [-0.3, -0.25) is 0 Å². The first kappa shape index (κ1) is 25.2. The van der Waals surface area contributed by atoms with E-state index in [2.05, 4.69) is 32.3 Å². The highest BCUT2D eigenvalue weighted by Crippen LogP contribution is 2.25. The molecule has 0 atom stereocenters. The third kappa shape index (κ3) is 9.09. The van der Waals surface area contributed by atoms with Crippen LogP contribution in [-0.4, -0.2) is 50.7 Å². The Morgan fingerprint density at radius 3 is 2.68 bits per heavy atom. The molecule has 0 unspecified atom stereocenters. The molecule has 1 aromatic carbocycles. The second-order valence-corrected chi connectivity index (χ2v) is 7.22. The highest BCUT2D eigenvalue weighted by molar-refractivity contribution is 14.0. The van der Waals surface area contributed by atoms with Crippen molar-refractivity contribution >= 4 is 41.5 Å². The summed E-state index contributed by atoms with van der Waals surface area (Å²) >= 11 is 5.98. The van der Waals surface area contributed by atoms with Gasteiger partial charge in [0, 0.05) is 23.7 Å². The predicted molar refractivity (Wildman–Crippen MR) is 121 cm³/mol. The average Bonchev–Trinajstić information content (AvgIpc) is 2.63. The third-order valence-corrected chi connectivity index (χ3v) is 4.91. The smallest absolute Gasteiger partial charge is 0.387 e. The van der Waals surface area contributed by atoms with Crippen LogP contribution in [0.15, 0.2) is 23.2 Å². The molecular formula is C19H30ClF2IN4O. The van der Waals surface area contributed by atoms with Crippen molar-refractivity contribution in [1.82, 2.24) is 15.5 Å². The fourth-order valence-electron chi connectivity index (χ4n) is 3.13. The van der Waals surface area contributed by atoms with E-state index in [0.29, 0.717) is 16.5 Å². The topological polar surface area (TPSA) is 48.9 Å². The molecule has 0 bridgehead atoms. The van der Waals surface area contributed by atoms with Crippen molar-refractivity contribution in [3.05, 3.63) is 28.8 Å². The Morgan fingerprint density at radius 2 is 2.04 bits per heavy atom. The minimum absolute atomic E-state index is 0. The molecule has 1 heterocycles. The first-order chi connectivity index (χ1) is 13.0. The van der Waals surface area contributed by atoms with Gasteiger partial charge in [-0.1, -0.05) is 11.6 Å². The number of aliphatic imine (C=N–C) groups is 1. The summed E-state index contributed by atoms with van der Waals surface area (Å²) in [6, 6.07) is 4.57. The zero-order valence-electron chi connectivity index (χ0n) is 16.4. The number of ether oxygens (including phenoxy) is 1. The summed E-state index contributed by atoms with van der Waals surface area (Å²) in [4.78, 5) is 6.85. The van der Waals surface area contributed by atoms with Crippen LogP contribution in [0.1, 0.15) is 31.7 Å². The van der Waals surface area contributed by atoms with Crippen molar-refractivity contribution in [3.63, 3.8) is 0 Å². The highest BCUT2D eigenvalue weighted by atomic mass is 127. The van der Waals surface area contributed by atoms with Crippen molar-refractivity contribution < 1.29 is 13.5 Å². The van der Waals surface area contributed by atoms with E-state index in [0.717, 1.165) is 38.5 Å². The molecule has 1 saturated heterocycles. The van der Waals surface area contributed by atoms with Crippen molar-refractivity contribution in [2.45, 2.75) is 39.3 Å². The number of likely N-dealkylation sites (tertiary alicyclic amines) is 1. The molecule has 0 spiro atoms. The normalized spacial score (nSPS) is 16.0. The zero-order chi connectivity index (χ0) is 19.6. The molecule has 1 fully saturated rings. The van der Waals surface area contributed by atoms with Gasteiger partial charge in [0.25, 0.3) is 0 Å². The van der Waals surface area contributed by atoms with Crippen LogP contribution in [0, 0.1) is 5.92 Å². The Hall–Kier alpha value is -0.870. The molecule has 0 radical (unpaired) electrons. The Kier molecular flexibility index (Phi) is 12.0. The van der Waals surface area contributed by atoms with Crippen LogP contribution >= 0.6 is 35.6 Å². The quantitative estimate of drug-likeness (QED) is 0.298. The second-order valence-electron chi connectivity index (χ2n) is 6.79. The third-order valence-electron chi connectivity index (χ3n) is 4.67. The molecule has 1 aliphatic rings. The first-order valence-electron chi connectivity index (χ1n) is 9.42. The van der Waals surface area contributed by atoms with Crippen LogP contribution < -0.4 is 15.4 Å². The molecule has 2 N–H and O–H groups in total. The van der Waals surface area contributed by atoms with E-state index in [4.69, 9.17) is 11.6 Å². The monoisotopic (exact) mass is 530 g/mol. The Labute approximate surface area is 188 Å². The van der Waals surface area contributed by atoms with Gasteiger partial charge >= 0.3 is 6.61 Å². The van der Waals surface area contributed by atoms with Crippen molar-refractivity contribution in [2.75, 3.05) is 33.2 Å². The molecule has 0 aromatic heterocycles. The number of rotatable bonds is 8. The average molecular weight is 531 g/mol. The number of piperidine rings is 1. The summed E-state index contributed by atoms with van der Waals surface area (Å²) in [5.74, 6) is 1.49. The number of nitrogens with one attached hydrogen (secondary N) is 2. The largest absolute Gasteiger partial charge is 0.434 e. The van der Waals surface area contributed by atoms with E-state index >= 15 is 0 Å². The fraction of sp³-hybridized carbons (Fsp3) is 0.632. The zero-order valence-corrected chi connectivity index (χ0v) is 19.5. The van der Waals surface area contributed by atoms with E-state index in [1.54, 1.807) is 6.07 Å². The highest BCUT2D eigenvalue weighted by Gasteiger charge is 2.16. The number of halogens is 4. The summed E-state index contributed by atoms with van der Waals surface area (Å²) in [6.45, 7) is 3.16. The van der Waals surface area contributed by atoms with Crippen molar-refractivity contribution in [1.29, 1.82) is 0 Å². The Balaban J connectivity index is 0.00000392. The van der Waals surface area contributed by atoms with Crippen LogP contribution in [0.5, 0.6) is 5.75 Å². The number of guanidine groups is 1. The van der Waals surface area contributed by atoms with Crippen molar-refractivity contribution in [2.24, 2.45) is 10.9 Å². The van der Waals surface area contributed by atoms with E-state index in [9.17, 15) is 8.78 Å².